The van der Waals surface area contributed by atoms with E-state index in [4.69, 9.17) is 9.94 Å². The number of carbonyl (C=O) groups is 1. The molecule has 0 saturated heterocycles. The topological polar surface area (TPSA) is 58.6 Å². The Morgan fingerprint density at radius 3 is 1.90 bits per heavy atom. The molecule has 4 heteroatoms. The van der Waals surface area contributed by atoms with Crippen LogP contribution in [0.5, 0.6) is 0 Å². The van der Waals surface area contributed by atoms with Gasteiger partial charge in [0.1, 0.15) is 0 Å². The normalized spacial score (nSPS) is 10.9. The number of carboxylic acid groups (broad SMARTS) is 1. The molecule has 0 spiro atoms. The summed E-state index contributed by atoms with van der Waals surface area (Å²) in [5.74, 6) is -0.745. The number of hydrogen-bond donors (Lipinski definition) is 2. The summed E-state index contributed by atoms with van der Waals surface area (Å²) < 4.78 is 0. The van der Waals surface area contributed by atoms with E-state index in [-0.39, 0.29) is 12.0 Å². The van der Waals surface area contributed by atoms with Crippen molar-refractivity contribution >= 4 is 5.97 Å². The van der Waals surface area contributed by atoms with Gasteiger partial charge in [-0.3, -0.25) is 9.63 Å². The number of unbranched alkanes of at least 4 members (excludes halogenated alkanes) is 6. The molecular formula is C17H37NO3. The van der Waals surface area contributed by atoms with Crippen LogP contribution >= 0.6 is 0 Å². The number of hydroxylamine groups is 1. The van der Waals surface area contributed by atoms with Gasteiger partial charge in [0, 0.05) is 13.0 Å². The van der Waals surface area contributed by atoms with E-state index < -0.39 is 5.97 Å². The zero-order valence-corrected chi connectivity index (χ0v) is 14.8. The maximum Gasteiger partial charge on any atom is 0.303 e. The molecule has 0 aliphatic rings. The van der Waals surface area contributed by atoms with Crippen molar-refractivity contribution in [3.63, 3.8) is 0 Å². The molecular weight excluding hydrogens is 266 g/mol. The van der Waals surface area contributed by atoms with Gasteiger partial charge in [0.15, 0.2) is 0 Å². The van der Waals surface area contributed by atoms with Crippen molar-refractivity contribution in [2.75, 3.05) is 6.54 Å². The molecule has 0 heterocycles. The van der Waals surface area contributed by atoms with E-state index in [1.165, 1.54) is 44.9 Å². The molecule has 0 aromatic carbocycles. The number of hydrogen-bond acceptors (Lipinski definition) is 3. The Labute approximate surface area is 131 Å². The molecule has 2 N–H and O–H groups in total. The molecule has 0 atom stereocenters. The molecule has 0 aromatic rings. The Hall–Kier alpha value is -0.610. The van der Waals surface area contributed by atoms with E-state index in [0.29, 0.717) is 0 Å². The van der Waals surface area contributed by atoms with E-state index in [1.54, 1.807) is 6.92 Å². The van der Waals surface area contributed by atoms with Crippen molar-refractivity contribution in [2.45, 2.75) is 98.0 Å². The second-order valence-corrected chi connectivity index (χ2v) is 5.98. The first kappa shape index (κ1) is 22.7. The standard InChI is InChI=1S/C14H31NO.C3H6O2/c1-5-7-8-9-10-11-12-13-14(3,4)16-15-6-2;1-2-3(4)5/h15H,5-13H2,1-4H3;2H2,1H3,(H,4,5). The van der Waals surface area contributed by atoms with Crippen LogP contribution in [0.4, 0.5) is 0 Å². The molecule has 0 unspecified atom stereocenters. The molecule has 0 radical (unpaired) electrons. The fraction of sp³-hybridized carbons (Fsp3) is 0.941. The predicted molar refractivity (Wildman–Crippen MR) is 89.4 cm³/mol. The van der Waals surface area contributed by atoms with E-state index in [2.05, 4.69) is 33.2 Å². The smallest absolute Gasteiger partial charge is 0.303 e. The summed E-state index contributed by atoms with van der Waals surface area (Å²) in [6, 6.07) is 0. The molecule has 0 aliphatic carbocycles. The van der Waals surface area contributed by atoms with Gasteiger partial charge < -0.3 is 5.11 Å². The quantitative estimate of drug-likeness (QED) is 0.396. The van der Waals surface area contributed by atoms with Gasteiger partial charge in [0.05, 0.1) is 5.60 Å². The molecule has 4 nitrogen and oxygen atoms in total. The van der Waals surface area contributed by atoms with Crippen LogP contribution < -0.4 is 5.48 Å². The van der Waals surface area contributed by atoms with E-state index in [0.717, 1.165) is 13.0 Å². The minimum absolute atomic E-state index is 0.0145. The van der Waals surface area contributed by atoms with E-state index >= 15 is 0 Å². The Morgan fingerprint density at radius 2 is 1.48 bits per heavy atom. The Morgan fingerprint density at radius 1 is 1.00 bits per heavy atom. The minimum atomic E-state index is -0.745. The van der Waals surface area contributed by atoms with Crippen LogP contribution in [0.15, 0.2) is 0 Å². The maximum atomic E-state index is 9.37. The molecule has 21 heavy (non-hydrogen) atoms. The van der Waals surface area contributed by atoms with Crippen LogP contribution in [0, 0.1) is 0 Å². The summed E-state index contributed by atoms with van der Waals surface area (Å²) in [6.07, 6.45) is 10.9. The van der Waals surface area contributed by atoms with Gasteiger partial charge in [0.25, 0.3) is 0 Å². The number of aliphatic carboxylic acids is 1. The lowest BCUT2D eigenvalue weighted by molar-refractivity contribution is -0.136. The SMILES string of the molecule is CCC(=O)O.CCCCCCCCCC(C)(C)ONCC. The molecule has 0 saturated carbocycles. The van der Waals surface area contributed by atoms with Crippen LogP contribution in [0.3, 0.4) is 0 Å². The molecule has 0 fully saturated rings. The zero-order chi connectivity index (χ0) is 16.6. The molecule has 0 aromatic heterocycles. The van der Waals surface area contributed by atoms with Gasteiger partial charge in [-0.15, -0.1) is 0 Å². The second kappa shape index (κ2) is 15.8. The molecule has 0 amide bonds. The van der Waals surface area contributed by atoms with Crippen LogP contribution in [-0.4, -0.2) is 23.2 Å². The van der Waals surface area contributed by atoms with Gasteiger partial charge in [-0.1, -0.05) is 65.7 Å². The number of carboxylic acids is 1. The van der Waals surface area contributed by atoms with E-state index in [9.17, 15) is 4.79 Å². The zero-order valence-electron chi connectivity index (χ0n) is 14.8. The fourth-order valence-electron chi connectivity index (χ4n) is 1.83. The maximum absolute atomic E-state index is 9.37. The summed E-state index contributed by atoms with van der Waals surface area (Å²) in [5, 5.41) is 7.72. The monoisotopic (exact) mass is 303 g/mol. The van der Waals surface area contributed by atoms with Gasteiger partial charge in [-0.2, -0.15) is 0 Å². The second-order valence-electron chi connectivity index (χ2n) is 5.98. The van der Waals surface area contributed by atoms with Crippen molar-refractivity contribution in [1.82, 2.24) is 5.48 Å². The summed E-state index contributed by atoms with van der Waals surface area (Å²) in [5.41, 5.74) is 2.94. The Balaban J connectivity index is 0. The first-order chi connectivity index (χ1) is 9.89. The third-order valence-electron chi connectivity index (χ3n) is 3.18. The van der Waals surface area contributed by atoms with Gasteiger partial charge >= 0.3 is 5.97 Å². The Kier molecular flexibility index (Phi) is 17.0. The summed E-state index contributed by atoms with van der Waals surface area (Å²) in [4.78, 5) is 14.9. The highest BCUT2D eigenvalue weighted by atomic mass is 16.7. The van der Waals surface area contributed by atoms with Crippen LogP contribution in [0.25, 0.3) is 0 Å². The lowest BCUT2D eigenvalue weighted by atomic mass is 9.99. The summed E-state index contributed by atoms with van der Waals surface area (Å²) >= 11 is 0. The van der Waals surface area contributed by atoms with Crippen LogP contribution in [0.1, 0.15) is 92.4 Å². The van der Waals surface area contributed by atoms with Crippen molar-refractivity contribution < 1.29 is 14.7 Å². The lowest BCUT2D eigenvalue weighted by Crippen LogP contribution is -2.32. The number of rotatable bonds is 12. The Bertz CT molecular complexity index is 230. The highest BCUT2D eigenvalue weighted by molar-refractivity contribution is 5.66. The van der Waals surface area contributed by atoms with Gasteiger partial charge in [0.2, 0.25) is 0 Å². The highest BCUT2D eigenvalue weighted by Crippen LogP contribution is 2.18. The lowest BCUT2D eigenvalue weighted by Gasteiger charge is -2.24. The van der Waals surface area contributed by atoms with Crippen molar-refractivity contribution in [3.05, 3.63) is 0 Å². The summed E-state index contributed by atoms with van der Waals surface area (Å²) in [7, 11) is 0. The predicted octanol–water partition coefficient (Wildman–Crippen LogP) is 4.93. The van der Waals surface area contributed by atoms with E-state index in [1.807, 2.05) is 0 Å². The van der Waals surface area contributed by atoms with Crippen LogP contribution in [0.2, 0.25) is 0 Å². The largest absolute Gasteiger partial charge is 0.481 e. The first-order valence-corrected chi connectivity index (χ1v) is 8.52. The van der Waals surface area contributed by atoms with Crippen molar-refractivity contribution in [3.8, 4) is 0 Å². The minimum Gasteiger partial charge on any atom is -0.481 e. The van der Waals surface area contributed by atoms with Crippen molar-refractivity contribution in [1.29, 1.82) is 0 Å². The van der Waals surface area contributed by atoms with Crippen LogP contribution in [-0.2, 0) is 9.63 Å². The molecule has 128 valence electrons. The average Bonchev–Trinajstić information content (AvgIpc) is 2.45. The van der Waals surface area contributed by atoms with Gasteiger partial charge in [-0.25, -0.2) is 5.48 Å². The van der Waals surface area contributed by atoms with Gasteiger partial charge in [-0.05, 0) is 20.3 Å². The third-order valence-corrected chi connectivity index (χ3v) is 3.18. The molecule has 0 aliphatic heterocycles. The molecule has 0 bridgehead atoms. The van der Waals surface area contributed by atoms with Crippen molar-refractivity contribution in [2.24, 2.45) is 0 Å². The molecule has 0 rings (SSSR count). The first-order valence-electron chi connectivity index (χ1n) is 8.52. The highest BCUT2D eigenvalue weighted by Gasteiger charge is 2.17. The third kappa shape index (κ3) is 21.8. The average molecular weight is 303 g/mol. The number of nitrogens with one attached hydrogen (secondary N) is 1. The summed E-state index contributed by atoms with van der Waals surface area (Å²) in [6.45, 7) is 11.1. The fourth-order valence-corrected chi connectivity index (χ4v) is 1.83.